The van der Waals surface area contributed by atoms with E-state index in [0.29, 0.717) is 18.1 Å². The van der Waals surface area contributed by atoms with Gasteiger partial charge in [-0.3, -0.25) is 4.98 Å². The number of halogens is 3. The predicted molar refractivity (Wildman–Crippen MR) is 59.7 cm³/mol. The molecule has 1 aromatic heterocycles. The molecular formula is C12H13F3N2O. The van der Waals surface area contributed by atoms with E-state index >= 15 is 0 Å². The molecule has 0 saturated heterocycles. The van der Waals surface area contributed by atoms with Gasteiger partial charge < -0.3 is 10.1 Å². The fourth-order valence-corrected chi connectivity index (χ4v) is 1.82. The quantitative estimate of drug-likeness (QED) is 0.905. The molecule has 0 spiro atoms. The molecule has 2 heterocycles. The van der Waals surface area contributed by atoms with Gasteiger partial charge in [0, 0.05) is 12.6 Å². The second-order valence-electron chi connectivity index (χ2n) is 3.93. The molecule has 0 radical (unpaired) electrons. The van der Waals surface area contributed by atoms with Gasteiger partial charge in [-0.15, -0.1) is 0 Å². The molecule has 0 bridgehead atoms. The number of hydrogen-bond donors (Lipinski definition) is 1. The van der Waals surface area contributed by atoms with Crippen LogP contribution in [0.25, 0.3) is 0 Å². The molecule has 0 aliphatic carbocycles. The summed E-state index contributed by atoms with van der Waals surface area (Å²) in [4.78, 5) is 3.86. The third kappa shape index (κ3) is 2.64. The van der Waals surface area contributed by atoms with Crippen molar-refractivity contribution < 1.29 is 17.9 Å². The normalized spacial score (nSPS) is 17.2. The topological polar surface area (TPSA) is 34.1 Å². The minimum Gasteiger partial charge on any atom is -0.496 e. The first-order valence-corrected chi connectivity index (χ1v) is 5.55. The van der Waals surface area contributed by atoms with E-state index in [9.17, 15) is 13.2 Å². The Morgan fingerprint density at radius 3 is 2.61 bits per heavy atom. The van der Waals surface area contributed by atoms with E-state index in [4.69, 9.17) is 4.74 Å². The Bertz CT molecular complexity index is 440. The van der Waals surface area contributed by atoms with Crippen LogP contribution in [0.1, 0.15) is 23.7 Å². The summed E-state index contributed by atoms with van der Waals surface area (Å²) in [7, 11) is 1.71. The van der Waals surface area contributed by atoms with E-state index in [2.05, 4.69) is 10.3 Å². The first-order valence-electron chi connectivity index (χ1n) is 5.55. The van der Waals surface area contributed by atoms with Gasteiger partial charge in [0.25, 0.3) is 0 Å². The Morgan fingerprint density at radius 2 is 2.17 bits per heavy atom. The molecule has 1 atom stereocenters. The number of alkyl halides is 3. The van der Waals surface area contributed by atoms with E-state index in [1.54, 1.807) is 7.05 Å². The third-order valence-electron chi connectivity index (χ3n) is 2.71. The number of hydrogen-bond acceptors (Lipinski definition) is 3. The van der Waals surface area contributed by atoms with Crippen LogP contribution in [0.3, 0.4) is 0 Å². The number of pyridine rings is 1. The number of aromatic nitrogens is 1. The Labute approximate surface area is 103 Å². The van der Waals surface area contributed by atoms with Crippen LogP contribution in [0.5, 0.6) is 0 Å². The molecule has 0 amide bonds. The molecule has 3 nitrogen and oxygen atoms in total. The van der Waals surface area contributed by atoms with Crippen molar-refractivity contribution in [2.75, 3.05) is 13.7 Å². The number of ether oxygens (including phenoxy) is 1. The van der Waals surface area contributed by atoms with Gasteiger partial charge in [-0.25, -0.2) is 0 Å². The van der Waals surface area contributed by atoms with Gasteiger partial charge in [-0.05, 0) is 25.3 Å². The van der Waals surface area contributed by atoms with Crippen molar-refractivity contribution in [1.29, 1.82) is 0 Å². The van der Waals surface area contributed by atoms with Crippen LogP contribution < -0.4 is 5.32 Å². The van der Waals surface area contributed by atoms with Crippen LogP contribution in [-0.4, -0.2) is 18.6 Å². The monoisotopic (exact) mass is 258 g/mol. The van der Waals surface area contributed by atoms with E-state index in [-0.39, 0.29) is 6.04 Å². The van der Waals surface area contributed by atoms with Crippen molar-refractivity contribution in [2.24, 2.45) is 0 Å². The largest absolute Gasteiger partial charge is 0.496 e. The molecule has 1 aliphatic heterocycles. The maximum absolute atomic E-state index is 12.4. The summed E-state index contributed by atoms with van der Waals surface area (Å²) >= 11 is 0. The lowest BCUT2D eigenvalue weighted by molar-refractivity contribution is -0.137. The average Bonchev–Trinajstić information content (AvgIpc) is 2.83. The summed E-state index contributed by atoms with van der Waals surface area (Å²) in [6.07, 6.45) is -0.784. The van der Waals surface area contributed by atoms with E-state index in [0.717, 1.165) is 18.7 Å². The average molecular weight is 258 g/mol. The zero-order valence-corrected chi connectivity index (χ0v) is 9.79. The molecule has 0 saturated carbocycles. The molecular weight excluding hydrogens is 245 g/mol. The van der Waals surface area contributed by atoms with Crippen molar-refractivity contribution in [2.45, 2.75) is 18.6 Å². The van der Waals surface area contributed by atoms with Crippen molar-refractivity contribution in [1.82, 2.24) is 10.3 Å². The minimum atomic E-state index is -4.36. The van der Waals surface area contributed by atoms with Crippen LogP contribution in [0.4, 0.5) is 13.2 Å². The van der Waals surface area contributed by atoms with Gasteiger partial charge in [0.2, 0.25) is 0 Å². The summed E-state index contributed by atoms with van der Waals surface area (Å²) in [5.41, 5.74) is -0.235. The maximum atomic E-state index is 12.4. The van der Waals surface area contributed by atoms with Gasteiger partial charge in [-0.2, -0.15) is 13.2 Å². The van der Waals surface area contributed by atoms with Crippen molar-refractivity contribution in [3.8, 4) is 0 Å². The second kappa shape index (κ2) is 4.97. The van der Waals surface area contributed by atoms with E-state index in [1.807, 2.05) is 6.08 Å². The standard InChI is InChI=1S/C12H13F3N2O/c1-16-11(10-3-2-6-18-10)9-5-4-8(7-17-9)12(13,14)15/h3-5,7,11,16H,2,6H2,1H3. The Balaban J connectivity index is 2.22. The van der Waals surface area contributed by atoms with Crippen molar-refractivity contribution >= 4 is 0 Å². The Hall–Kier alpha value is -1.56. The molecule has 1 N–H and O–H groups in total. The molecule has 0 fully saturated rings. The first-order chi connectivity index (χ1) is 8.52. The smallest absolute Gasteiger partial charge is 0.417 e. The highest BCUT2D eigenvalue weighted by Crippen LogP contribution is 2.30. The summed E-state index contributed by atoms with van der Waals surface area (Å²) in [5, 5.41) is 2.98. The van der Waals surface area contributed by atoms with Gasteiger partial charge in [0.1, 0.15) is 11.8 Å². The maximum Gasteiger partial charge on any atom is 0.417 e. The predicted octanol–water partition coefficient (Wildman–Crippen LogP) is 2.67. The van der Waals surface area contributed by atoms with Gasteiger partial charge in [0.05, 0.1) is 17.9 Å². The van der Waals surface area contributed by atoms with Crippen LogP contribution in [0.2, 0.25) is 0 Å². The van der Waals surface area contributed by atoms with E-state index in [1.165, 1.54) is 6.07 Å². The molecule has 0 aromatic carbocycles. The third-order valence-corrected chi connectivity index (χ3v) is 2.71. The molecule has 2 rings (SSSR count). The fraction of sp³-hybridized carbons (Fsp3) is 0.417. The summed E-state index contributed by atoms with van der Waals surface area (Å²) in [5.74, 6) is 0.713. The number of likely N-dealkylation sites (N-methyl/N-ethyl adjacent to an activating group) is 1. The number of nitrogens with zero attached hydrogens (tertiary/aromatic N) is 1. The zero-order chi connectivity index (χ0) is 13.2. The first kappa shape index (κ1) is 12.9. The van der Waals surface area contributed by atoms with Crippen LogP contribution in [0.15, 0.2) is 30.2 Å². The van der Waals surface area contributed by atoms with Crippen LogP contribution in [-0.2, 0) is 10.9 Å². The highest BCUT2D eigenvalue weighted by Gasteiger charge is 2.31. The summed E-state index contributed by atoms with van der Waals surface area (Å²) in [6.45, 7) is 0.605. The Kier molecular flexibility index (Phi) is 3.56. The van der Waals surface area contributed by atoms with Crippen molar-refractivity contribution in [3.05, 3.63) is 41.4 Å². The highest BCUT2D eigenvalue weighted by molar-refractivity contribution is 5.24. The fourth-order valence-electron chi connectivity index (χ4n) is 1.82. The Morgan fingerprint density at radius 1 is 1.39 bits per heavy atom. The van der Waals surface area contributed by atoms with Crippen LogP contribution in [0, 0.1) is 0 Å². The lowest BCUT2D eigenvalue weighted by Gasteiger charge is -2.17. The van der Waals surface area contributed by atoms with Gasteiger partial charge >= 0.3 is 6.18 Å². The molecule has 1 aliphatic rings. The molecule has 6 heteroatoms. The van der Waals surface area contributed by atoms with E-state index < -0.39 is 11.7 Å². The lowest BCUT2D eigenvalue weighted by atomic mass is 10.1. The molecule has 1 unspecified atom stereocenters. The summed E-state index contributed by atoms with van der Waals surface area (Å²) < 4.78 is 42.6. The number of nitrogens with one attached hydrogen (secondary N) is 1. The lowest BCUT2D eigenvalue weighted by Crippen LogP contribution is -2.20. The summed E-state index contributed by atoms with van der Waals surface area (Å²) in [6, 6.07) is 2.10. The molecule has 18 heavy (non-hydrogen) atoms. The van der Waals surface area contributed by atoms with Gasteiger partial charge in [-0.1, -0.05) is 0 Å². The van der Waals surface area contributed by atoms with Gasteiger partial charge in [0.15, 0.2) is 0 Å². The van der Waals surface area contributed by atoms with Crippen molar-refractivity contribution in [3.63, 3.8) is 0 Å². The minimum absolute atomic E-state index is 0.296. The number of rotatable bonds is 3. The zero-order valence-electron chi connectivity index (χ0n) is 9.79. The molecule has 1 aromatic rings. The second-order valence-corrected chi connectivity index (χ2v) is 3.93. The highest BCUT2D eigenvalue weighted by atomic mass is 19.4. The van der Waals surface area contributed by atoms with Crippen LogP contribution >= 0.6 is 0 Å². The molecule has 98 valence electrons. The SMILES string of the molecule is CNC(C1=CCCO1)c1ccc(C(F)(F)F)cn1.